The van der Waals surface area contributed by atoms with Crippen molar-refractivity contribution in [3.8, 4) is 5.69 Å². The van der Waals surface area contributed by atoms with Gasteiger partial charge in [-0.15, -0.1) is 5.10 Å². The predicted molar refractivity (Wildman–Crippen MR) is 68.6 cm³/mol. The predicted octanol–water partition coefficient (Wildman–Crippen LogP) is 1.40. The molecule has 1 atom stereocenters. The Hall–Kier alpha value is -2.15. The Bertz CT molecular complexity index is 618. The van der Waals surface area contributed by atoms with Crippen molar-refractivity contribution in [3.05, 3.63) is 54.4 Å². The molecule has 0 fully saturated rings. The molecule has 7 heteroatoms. The second-order valence-electron chi connectivity index (χ2n) is 3.68. The third-order valence-corrected chi connectivity index (χ3v) is 3.03. The molecule has 3 aromatic rings. The Morgan fingerprint density at radius 3 is 2.78 bits per heavy atom. The summed E-state index contributed by atoms with van der Waals surface area (Å²) in [7, 11) is 0. The maximum Gasteiger partial charge on any atom is 0.175 e. The van der Waals surface area contributed by atoms with E-state index in [2.05, 4.69) is 38.1 Å². The largest absolute Gasteiger partial charge is 0.351 e. The van der Waals surface area contributed by atoms with Crippen LogP contribution in [-0.2, 0) is 0 Å². The molecule has 18 heavy (non-hydrogen) atoms. The van der Waals surface area contributed by atoms with E-state index in [4.69, 9.17) is 0 Å². The molecule has 3 rings (SSSR count). The zero-order chi connectivity index (χ0) is 12.4. The van der Waals surface area contributed by atoms with Gasteiger partial charge in [-0.1, -0.05) is 18.2 Å². The van der Waals surface area contributed by atoms with Gasteiger partial charge in [0.25, 0.3) is 0 Å². The van der Waals surface area contributed by atoms with Crippen molar-refractivity contribution in [3.63, 3.8) is 0 Å². The lowest BCUT2D eigenvalue weighted by molar-refractivity contribution is 0.766. The first-order valence-electron chi connectivity index (χ1n) is 5.36. The Morgan fingerprint density at radius 1 is 1.22 bits per heavy atom. The number of aromatic amines is 1. The quantitative estimate of drug-likeness (QED) is 0.697. The number of tetrazole rings is 1. The molecule has 0 amide bonds. The van der Waals surface area contributed by atoms with Gasteiger partial charge in [0.15, 0.2) is 5.82 Å². The van der Waals surface area contributed by atoms with Crippen molar-refractivity contribution in [2.45, 2.75) is 5.25 Å². The Morgan fingerprint density at radius 2 is 2.06 bits per heavy atom. The average molecular weight is 258 g/mol. The fraction of sp³-hybridized carbons (Fsp3) is 0.0909. The van der Waals surface area contributed by atoms with E-state index in [-0.39, 0.29) is 5.25 Å². The van der Waals surface area contributed by atoms with Crippen LogP contribution in [0.3, 0.4) is 0 Å². The Kier molecular flexibility index (Phi) is 2.81. The third kappa shape index (κ3) is 1.88. The van der Waals surface area contributed by atoms with Crippen LogP contribution in [0.4, 0.5) is 0 Å². The van der Waals surface area contributed by atoms with Crippen molar-refractivity contribution < 1.29 is 0 Å². The van der Waals surface area contributed by atoms with Crippen molar-refractivity contribution in [2.24, 2.45) is 0 Å². The normalized spacial score (nSPS) is 12.5. The highest BCUT2D eigenvalue weighted by Crippen LogP contribution is 2.25. The SMILES string of the molecule is SC(c1c[nH]cn1)c1nnnn1-c1ccccc1. The first-order chi connectivity index (χ1) is 8.86. The number of H-pyrrole nitrogens is 1. The highest BCUT2D eigenvalue weighted by molar-refractivity contribution is 7.80. The van der Waals surface area contributed by atoms with E-state index in [9.17, 15) is 0 Å². The Labute approximate surface area is 108 Å². The summed E-state index contributed by atoms with van der Waals surface area (Å²) < 4.78 is 1.66. The molecule has 1 N–H and O–H groups in total. The summed E-state index contributed by atoms with van der Waals surface area (Å²) in [6, 6.07) is 9.68. The number of nitrogens with zero attached hydrogens (tertiary/aromatic N) is 5. The molecule has 0 aliphatic rings. The number of rotatable bonds is 3. The molecule has 90 valence electrons. The molecule has 0 spiro atoms. The zero-order valence-corrected chi connectivity index (χ0v) is 10.2. The number of benzene rings is 1. The van der Waals surface area contributed by atoms with Gasteiger partial charge in [0, 0.05) is 6.20 Å². The lowest BCUT2D eigenvalue weighted by Crippen LogP contribution is -2.06. The van der Waals surface area contributed by atoms with E-state index in [1.807, 2.05) is 30.3 Å². The van der Waals surface area contributed by atoms with Crippen LogP contribution >= 0.6 is 12.6 Å². The maximum atomic E-state index is 4.52. The van der Waals surface area contributed by atoms with Crippen molar-refractivity contribution in [1.29, 1.82) is 0 Å². The van der Waals surface area contributed by atoms with Crippen LogP contribution in [0.25, 0.3) is 5.69 Å². The van der Waals surface area contributed by atoms with Crippen molar-refractivity contribution >= 4 is 12.6 Å². The fourth-order valence-electron chi connectivity index (χ4n) is 1.67. The number of aromatic nitrogens is 6. The minimum Gasteiger partial charge on any atom is -0.351 e. The number of para-hydroxylation sites is 1. The summed E-state index contributed by atoms with van der Waals surface area (Å²) in [6.07, 6.45) is 3.39. The summed E-state index contributed by atoms with van der Waals surface area (Å²) in [4.78, 5) is 7.06. The second kappa shape index (κ2) is 4.61. The third-order valence-electron chi connectivity index (χ3n) is 2.54. The topological polar surface area (TPSA) is 72.3 Å². The van der Waals surface area contributed by atoms with E-state index in [1.165, 1.54) is 0 Å². The van der Waals surface area contributed by atoms with Crippen LogP contribution in [0.5, 0.6) is 0 Å². The number of hydrogen-bond donors (Lipinski definition) is 2. The van der Waals surface area contributed by atoms with Gasteiger partial charge < -0.3 is 4.98 Å². The van der Waals surface area contributed by atoms with Gasteiger partial charge in [-0.05, 0) is 22.6 Å². The maximum absolute atomic E-state index is 4.52. The number of thiol groups is 1. The molecular formula is C11H10N6S. The van der Waals surface area contributed by atoms with Gasteiger partial charge in [-0.2, -0.15) is 17.3 Å². The van der Waals surface area contributed by atoms with Crippen LogP contribution in [0, 0.1) is 0 Å². The molecule has 1 aromatic carbocycles. The van der Waals surface area contributed by atoms with E-state index in [1.54, 1.807) is 17.2 Å². The first-order valence-corrected chi connectivity index (χ1v) is 5.88. The smallest absolute Gasteiger partial charge is 0.175 e. The summed E-state index contributed by atoms with van der Waals surface area (Å²) in [5.41, 5.74) is 1.68. The minimum atomic E-state index is -0.272. The summed E-state index contributed by atoms with van der Waals surface area (Å²) in [5.74, 6) is 0.636. The second-order valence-corrected chi connectivity index (χ2v) is 4.20. The molecule has 2 aromatic heterocycles. The fourth-order valence-corrected chi connectivity index (χ4v) is 1.97. The molecular weight excluding hydrogens is 248 g/mol. The number of nitrogens with one attached hydrogen (secondary N) is 1. The number of hydrogen-bond acceptors (Lipinski definition) is 5. The van der Waals surface area contributed by atoms with Gasteiger partial charge >= 0.3 is 0 Å². The van der Waals surface area contributed by atoms with E-state index >= 15 is 0 Å². The van der Waals surface area contributed by atoms with Crippen LogP contribution < -0.4 is 0 Å². The van der Waals surface area contributed by atoms with Crippen molar-refractivity contribution in [2.75, 3.05) is 0 Å². The standard InChI is InChI=1S/C11H10N6S/c18-10(9-6-12-7-13-9)11-14-15-16-17(11)8-4-2-1-3-5-8/h1-7,10,18H,(H,12,13). The van der Waals surface area contributed by atoms with Gasteiger partial charge in [0.2, 0.25) is 0 Å². The average Bonchev–Trinajstić information content (AvgIpc) is 3.10. The molecule has 0 bridgehead atoms. The highest BCUT2D eigenvalue weighted by atomic mass is 32.1. The molecule has 0 saturated heterocycles. The van der Waals surface area contributed by atoms with E-state index in [0.29, 0.717) is 5.82 Å². The Balaban J connectivity index is 2.02. The van der Waals surface area contributed by atoms with E-state index < -0.39 is 0 Å². The molecule has 0 saturated carbocycles. The van der Waals surface area contributed by atoms with Crippen LogP contribution in [0.1, 0.15) is 16.8 Å². The van der Waals surface area contributed by atoms with Gasteiger partial charge in [-0.3, -0.25) is 0 Å². The van der Waals surface area contributed by atoms with Crippen LogP contribution in [0.15, 0.2) is 42.9 Å². The minimum absolute atomic E-state index is 0.272. The lowest BCUT2D eigenvalue weighted by Gasteiger charge is -2.08. The molecule has 2 heterocycles. The zero-order valence-electron chi connectivity index (χ0n) is 9.30. The first kappa shape index (κ1) is 11.0. The summed E-state index contributed by atoms with van der Waals surface area (Å²) in [5, 5.41) is 11.4. The van der Waals surface area contributed by atoms with Crippen LogP contribution in [-0.4, -0.2) is 30.2 Å². The van der Waals surface area contributed by atoms with Gasteiger partial charge in [0.1, 0.15) is 5.25 Å². The van der Waals surface area contributed by atoms with E-state index in [0.717, 1.165) is 11.4 Å². The molecule has 1 unspecified atom stereocenters. The molecule has 0 radical (unpaired) electrons. The molecule has 0 aliphatic carbocycles. The summed E-state index contributed by atoms with van der Waals surface area (Å²) >= 11 is 4.52. The van der Waals surface area contributed by atoms with Gasteiger partial charge in [-0.25, -0.2) is 4.98 Å². The molecule has 6 nitrogen and oxygen atoms in total. The van der Waals surface area contributed by atoms with Crippen molar-refractivity contribution in [1.82, 2.24) is 30.2 Å². The summed E-state index contributed by atoms with van der Waals surface area (Å²) in [6.45, 7) is 0. The van der Waals surface area contributed by atoms with Gasteiger partial charge in [0.05, 0.1) is 17.7 Å². The highest BCUT2D eigenvalue weighted by Gasteiger charge is 2.19. The monoisotopic (exact) mass is 258 g/mol. The van der Waals surface area contributed by atoms with Crippen LogP contribution in [0.2, 0.25) is 0 Å². The number of imidazole rings is 1. The lowest BCUT2D eigenvalue weighted by atomic mass is 10.3. The molecule has 0 aliphatic heterocycles.